The monoisotopic (exact) mass is 477 g/mol. The average molecular weight is 477 g/mol. The normalized spacial score (nSPS) is 13.5. The minimum atomic E-state index is -5.30. The number of ether oxygens (including phenoxy) is 4. The van der Waals surface area contributed by atoms with E-state index in [9.17, 15) is 22.6 Å². The van der Waals surface area contributed by atoms with Gasteiger partial charge in [0.1, 0.15) is 0 Å². The van der Waals surface area contributed by atoms with Crippen molar-refractivity contribution in [3.8, 4) is 28.7 Å². The summed E-state index contributed by atoms with van der Waals surface area (Å²) in [6.45, 7) is -2.00. The van der Waals surface area contributed by atoms with Crippen molar-refractivity contribution in [1.29, 1.82) is 0 Å². The van der Waals surface area contributed by atoms with Gasteiger partial charge in [0, 0.05) is 0 Å². The maximum Gasteiger partial charge on any atom is 0.412 e. The highest BCUT2D eigenvalue weighted by Gasteiger charge is 2.31. The number of hydrogen-bond donors (Lipinski definition) is 0. The summed E-state index contributed by atoms with van der Waals surface area (Å²) in [5, 5.41) is 0. The van der Waals surface area contributed by atoms with Crippen molar-refractivity contribution in [2.45, 2.75) is 6.18 Å². The maximum absolute atomic E-state index is 12.3. The van der Waals surface area contributed by atoms with Gasteiger partial charge < -0.3 is 28.4 Å². The van der Waals surface area contributed by atoms with Gasteiger partial charge >= 0.3 is 14.0 Å². The molecule has 0 saturated heterocycles. The predicted molar refractivity (Wildman–Crippen MR) is 108 cm³/mol. The lowest BCUT2D eigenvalue weighted by Crippen LogP contribution is -2.20. The van der Waals surface area contributed by atoms with Crippen LogP contribution in [0.5, 0.6) is 28.7 Å². The fourth-order valence-electron chi connectivity index (χ4n) is 2.56. The highest BCUT2D eigenvalue weighted by molar-refractivity contribution is 7.46. The second-order valence-electron chi connectivity index (χ2n) is 6.13. The topological polar surface area (TPSA) is 95.5 Å². The Balaban J connectivity index is 2.31. The molecule has 32 heavy (non-hydrogen) atoms. The summed E-state index contributed by atoms with van der Waals surface area (Å²) in [5.41, 5.74) is 1.13. The summed E-state index contributed by atoms with van der Waals surface area (Å²) in [4.78, 5) is 11.8. The first kappa shape index (κ1) is 25.4. The Morgan fingerprint density at radius 3 is 1.88 bits per heavy atom. The van der Waals surface area contributed by atoms with Crippen molar-refractivity contribution in [3.05, 3.63) is 41.5 Å². The van der Waals surface area contributed by atoms with E-state index in [4.69, 9.17) is 18.9 Å². The van der Waals surface area contributed by atoms with Gasteiger partial charge in [0.05, 0.1) is 28.4 Å². The Bertz CT molecular complexity index is 982. The van der Waals surface area contributed by atoms with E-state index in [1.165, 1.54) is 40.6 Å². The number of benzene rings is 2. The van der Waals surface area contributed by atoms with Crippen LogP contribution in [-0.4, -0.2) is 41.2 Å². The predicted octanol–water partition coefficient (Wildman–Crippen LogP) is 4.32. The van der Waals surface area contributed by atoms with Crippen LogP contribution < -0.4 is 28.4 Å². The number of halogens is 3. The molecule has 0 heterocycles. The minimum Gasteiger partial charge on any atom is -0.746 e. The van der Waals surface area contributed by atoms with Crippen molar-refractivity contribution in [3.63, 3.8) is 0 Å². The van der Waals surface area contributed by atoms with Crippen LogP contribution in [0.25, 0.3) is 12.2 Å². The lowest BCUT2D eigenvalue weighted by Gasteiger charge is -2.24. The second kappa shape index (κ2) is 10.6. The fraction of sp³-hybridized carbons (Fsp3) is 0.300. The smallest absolute Gasteiger partial charge is 0.412 e. The maximum atomic E-state index is 12.3. The molecule has 176 valence electrons. The molecule has 0 spiro atoms. The fourth-order valence-corrected chi connectivity index (χ4v) is 3.30. The Kier molecular flexibility index (Phi) is 8.43. The van der Waals surface area contributed by atoms with Crippen molar-refractivity contribution < 1.29 is 50.6 Å². The lowest BCUT2D eigenvalue weighted by atomic mass is 10.1. The molecule has 0 amide bonds. The van der Waals surface area contributed by atoms with Gasteiger partial charge in [-0.15, -0.1) is 0 Å². The third kappa shape index (κ3) is 7.08. The number of phosphoric acid groups is 1. The first-order valence-corrected chi connectivity index (χ1v) is 10.4. The molecule has 0 aromatic heterocycles. The van der Waals surface area contributed by atoms with Gasteiger partial charge in [-0.25, -0.2) is 0 Å². The Labute approximate surface area is 182 Å². The summed E-state index contributed by atoms with van der Waals surface area (Å²) >= 11 is 0. The molecule has 2 aromatic rings. The molecule has 0 N–H and O–H groups in total. The first-order chi connectivity index (χ1) is 15.0. The molecule has 1 atom stereocenters. The van der Waals surface area contributed by atoms with Crippen LogP contribution in [0.4, 0.5) is 13.2 Å². The molecule has 0 aliphatic heterocycles. The molecule has 8 nitrogen and oxygen atoms in total. The Morgan fingerprint density at radius 1 is 0.844 bits per heavy atom. The molecule has 0 aliphatic rings. The Hall–Kier alpha value is -2.88. The molecular formula is C20H21F3O8P-. The summed E-state index contributed by atoms with van der Waals surface area (Å²) < 4.78 is 77.9. The lowest BCUT2D eigenvalue weighted by molar-refractivity contribution is -0.232. The highest BCUT2D eigenvalue weighted by Crippen LogP contribution is 2.45. The van der Waals surface area contributed by atoms with Gasteiger partial charge in [-0.3, -0.25) is 9.09 Å². The molecule has 12 heteroatoms. The quantitative estimate of drug-likeness (QED) is 0.369. The average Bonchev–Trinajstić information content (AvgIpc) is 2.75. The number of phosphoric ester groups is 1. The first-order valence-electron chi connectivity index (χ1n) is 8.90. The largest absolute Gasteiger partial charge is 0.746 e. The van der Waals surface area contributed by atoms with Crippen LogP contribution in [0.1, 0.15) is 11.1 Å². The van der Waals surface area contributed by atoms with E-state index in [-0.39, 0.29) is 11.5 Å². The second-order valence-corrected chi connectivity index (χ2v) is 7.46. The van der Waals surface area contributed by atoms with Crippen LogP contribution >= 0.6 is 7.82 Å². The van der Waals surface area contributed by atoms with E-state index < -0.39 is 20.6 Å². The van der Waals surface area contributed by atoms with E-state index in [0.29, 0.717) is 28.4 Å². The Morgan fingerprint density at radius 2 is 1.38 bits per heavy atom. The van der Waals surface area contributed by atoms with Crippen LogP contribution in [0, 0.1) is 0 Å². The van der Waals surface area contributed by atoms with E-state index in [0.717, 1.165) is 0 Å². The van der Waals surface area contributed by atoms with Crippen LogP contribution in [-0.2, 0) is 9.09 Å². The van der Waals surface area contributed by atoms with Crippen LogP contribution in [0.2, 0.25) is 0 Å². The third-order valence-corrected chi connectivity index (χ3v) is 4.81. The molecular weight excluding hydrogens is 456 g/mol. The molecule has 0 bridgehead atoms. The van der Waals surface area contributed by atoms with Crippen LogP contribution in [0.3, 0.4) is 0 Å². The van der Waals surface area contributed by atoms with Gasteiger partial charge in [-0.05, 0) is 35.4 Å². The van der Waals surface area contributed by atoms with E-state index in [1.807, 2.05) is 0 Å². The summed E-state index contributed by atoms with van der Waals surface area (Å²) in [6.07, 6.45) is -1.55. The van der Waals surface area contributed by atoms with Crippen molar-refractivity contribution in [2.75, 3.05) is 35.0 Å². The third-order valence-electron chi connectivity index (χ3n) is 3.94. The zero-order valence-corrected chi connectivity index (χ0v) is 18.5. The number of methoxy groups -OCH3 is 4. The molecule has 0 radical (unpaired) electrons. The number of alkyl halides is 3. The van der Waals surface area contributed by atoms with Gasteiger partial charge in [0.15, 0.2) is 29.6 Å². The molecule has 1 unspecified atom stereocenters. The summed E-state index contributed by atoms with van der Waals surface area (Å²) in [5.74, 6) is 0.928. The van der Waals surface area contributed by atoms with Crippen molar-refractivity contribution in [2.24, 2.45) is 0 Å². The highest BCUT2D eigenvalue weighted by atomic mass is 31.2. The van der Waals surface area contributed by atoms with Gasteiger partial charge in [0.25, 0.3) is 0 Å². The summed E-state index contributed by atoms with van der Waals surface area (Å²) in [7, 11) is 0.369. The van der Waals surface area contributed by atoms with Crippen molar-refractivity contribution >= 4 is 20.0 Å². The van der Waals surface area contributed by atoms with Crippen LogP contribution in [0.15, 0.2) is 30.3 Å². The van der Waals surface area contributed by atoms with E-state index >= 15 is 0 Å². The zero-order chi connectivity index (χ0) is 23.9. The van der Waals surface area contributed by atoms with E-state index in [2.05, 4.69) is 9.05 Å². The molecule has 2 aromatic carbocycles. The summed E-state index contributed by atoms with van der Waals surface area (Å²) in [6, 6.07) is 7.64. The number of hydrogen-bond acceptors (Lipinski definition) is 8. The van der Waals surface area contributed by atoms with Gasteiger partial charge in [-0.2, -0.15) is 13.2 Å². The van der Waals surface area contributed by atoms with Gasteiger partial charge in [0.2, 0.25) is 5.75 Å². The zero-order valence-electron chi connectivity index (χ0n) is 17.6. The van der Waals surface area contributed by atoms with E-state index in [1.54, 1.807) is 30.4 Å². The molecule has 0 saturated carbocycles. The standard InChI is InChI=1S/C20H22F3O8P/c1-26-15-8-7-13(9-16(15)31-32(24,25)30-12-20(21,22)23)5-6-14-10-17(27-2)19(29-4)18(11-14)28-3/h5-11H,12H2,1-4H3,(H,24,25)/p-1/b6-5-. The molecule has 0 fully saturated rings. The van der Waals surface area contributed by atoms with Crippen molar-refractivity contribution in [1.82, 2.24) is 0 Å². The molecule has 0 aliphatic carbocycles. The number of rotatable bonds is 10. The SMILES string of the molecule is COc1ccc(/C=C\c2cc(OC)c(OC)c(OC)c2)cc1OP(=O)([O-])OCC(F)(F)F. The molecule has 2 rings (SSSR count). The minimum absolute atomic E-state index is 0.0124. The van der Waals surface area contributed by atoms with Gasteiger partial charge in [-0.1, -0.05) is 18.2 Å².